The Morgan fingerprint density at radius 1 is 1.29 bits per heavy atom. The van der Waals surface area contributed by atoms with Gasteiger partial charge in [0.2, 0.25) is 0 Å². The highest BCUT2D eigenvalue weighted by atomic mass is 79.9. The molecule has 0 heterocycles. The molecular weight excluding hydrogens is 240 g/mol. The van der Waals surface area contributed by atoms with Gasteiger partial charge >= 0.3 is 0 Å². The van der Waals surface area contributed by atoms with E-state index in [1.807, 2.05) is 0 Å². The van der Waals surface area contributed by atoms with E-state index in [2.05, 4.69) is 29.8 Å². The van der Waals surface area contributed by atoms with Crippen LogP contribution in [0.5, 0.6) is 0 Å². The highest BCUT2D eigenvalue weighted by Crippen LogP contribution is 2.47. The Labute approximate surface area is 95.7 Å². The van der Waals surface area contributed by atoms with Gasteiger partial charge in [0.25, 0.3) is 0 Å². The van der Waals surface area contributed by atoms with Gasteiger partial charge in [0.05, 0.1) is 6.10 Å². The molecule has 2 unspecified atom stereocenters. The highest BCUT2D eigenvalue weighted by molar-refractivity contribution is 9.09. The zero-order chi connectivity index (χ0) is 10.2. The van der Waals surface area contributed by atoms with Crippen LogP contribution in [0.1, 0.15) is 46.0 Å². The lowest BCUT2D eigenvalue weighted by Gasteiger charge is -2.49. The molecule has 0 aromatic rings. The van der Waals surface area contributed by atoms with E-state index >= 15 is 0 Å². The first-order valence-electron chi connectivity index (χ1n) is 5.86. The van der Waals surface area contributed by atoms with E-state index in [-0.39, 0.29) is 0 Å². The first-order valence-corrected chi connectivity index (χ1v) is 6.78. The van der Waals surface area contributed by atoms with Crippen LogP contribution in [0.3, 0.4) is 0 Å². The van der Waals surface area contributed by atoms with Crippen molar-refractivity contribution in [2.24, 2.45) is 11.3 Å². The molecular formula is C12H21BrO. The van der Waals surface area contributed by atoms with Crippen LogP contribution in [-0.4, -0.2) is 17.5 Å². The van der Waals surface area contributed by atoms with Gasteiger partial charge in [-0.15, -0.1) is 0 Å². The quantitative estimate of drug-likeness (QED) is 0.703. The van der Waals surface area contributed by atoms with Gasteiger partial charge in [-0.3, -0.25) is 0 Å². The lowest BCUT2D eigenvalue weighted by molar-refractivity contribution is -0.0947. The smallest absolute Gasteiger partial charge is 0.0647 e. The van der Waals surface area contributed by atoms with Gasteiger partial charge in [-0.1, -0.05) is 42.6 Å². The average Bonchev–Trinajstić information content (AvgIpc) is 2.64. The van der Waals surface area contributed by atoms with Crippen molar-refractivity contribution in [2.75, 3.05) is 6.61 Å². The van der Waals surface area contributed by atoms with Crippen molar-refractivity contribution in [1.29, 1.82) is 0 Å². The zero-order valence-corrected chi connectivity index (χ0v) is 10.8. The number of halogens is 1. The monoisotopic (exact) mass is 260 g/mol. The predicted molar refractivity (Wildman–Crippen MR) is 62.8 cm³/mol. The predicted octanol–water partition coefficient (Wildman–Crippen LogP) is 3.76. The number of ether oxygens (including phenoxy) is 1. The van der Waals surface area contributed by atoms with Gasteiger partial charge in [0, 0.05) is 16.8 Å². The lowest BCUT2D eigenvalue weighted by Crippen LogP contribution is -2.51. The molecule has 14 heavy (non-hydrogen) atoms. The summed E-state index contributed by atoms with van der Waals surface area (Å²) in [6.07, 6.45) is 7.31. The Bertz CT molecular complexity index is 196. The minimum Gasteiger partial charge on any atom is -0.377 e. The summed E-state index contributed by atoms with van der Waals surface area (Å²) >= 11 is 3.70. The standard InChI is InChI=1S/C12H21BrO/c1-12(2)10(13)7-11(12)14-8-9-5-3-4-6-9/h9-11H,3-8H2,1-2H3. The molecule has 0 saturated heterocycles. The molecule has 2 saturated carbocycles. The summed E-state index contributed by atoms with van der Waals surface area (Å²) < 4.78 is 6.02. The topological polar surface area (TPSA) is 9.23 Å². The number of hydrogen-bond acceptors (Lipinski definition) is 1. The SMILES string of the molecule is CC1(C)C(Br)CC1OCC1CCCC1. The van der Waals surface area contributed by atoms with Crippen LogP contribution in [-0.2, 0) is 4.74 Å². The summed E-state index contributed by atoms with van der Waals surface area (Å²) in [5.74, 6) is 0.861. The molecule has 2 rings (SSSR count). The van der Waals surface area contributed by atoms with Crippen molar-refractivity contribution in [3.8, 4) is 0 Å². The van der Waals surface area contributed by atoms with Gasteiger partial charge < -0.3 is 4.74 Å². The van der Waals surface area contributed by atoms with Crippen LogP contribution in [0.25, 0.3) is 0 Å². The molecule has 2 aliphatic rings. The minimum absolute atomic E-state index is 0.346. The maximum Gasteiger partial charge on any atom is 0.0647 e. The molecule has 2 atom stereocenters. The van der Waals surface area contributed by atoms with E-state index in [9.17, 15) is 0 Å². The summed E-state index contributed by atoms with van der Waals surface area (Å²) in [5.41, 5.74) is 0.346. The van der Waals surface area contributed by atoms with Crippen LogP contribution >= 0.6 is 15.9 Å². The summed E-state index contributed by atoms with van der Waals surface area (Å²) in [6, 6.07) is 0. The van der Waals surface area contributed by atoms with Gasteiger partial charge in [-0.05, 0) is 25.2 Å². The normalized spacial score (nSPS) is 37.1. The Kier molecular flexibility index (Phi) is 3.23. The van der Waals surface area contributed by atoms with E-state index in [1.54, 1.807) is 0 Å². The molecule has 0 aromatic carbocycles. The fraction of sp³-hybridized carbons (Fsp3) is 1.00. The van der Waals surface area contributed by atoms with Crippen LogP contribution in [0.15, 0.2) is 0 Å². The van der Waals surface area contributed by atoms with Crippen molar-refractivity contribution in [3.63, 3.8) is 0 Å². The molecule has 0 spiro atoms. The van der Waals surface area contributed by atoms with Crippen molar-refractivity contribution < 1.29 is 4.74 Å². The Morgan fingerprint density at radius 2 is 1.93 bits per heavy atom. The van der Waals surface area contributed by atoms with Crippen LogP contribution in [0.4, 0.5) is 0 Å². The minimum atomic E-state index is 0.346. The first-order chi connectivity index (χ1) is 6.60. The molecule has 0 amide bonds. The van der Waals surface area contributed by atoms with Gasteiger partial charge in [-0.2, -0.15) is 0 Å². The fourth-order valence-corrected chi connectivity index (χ4v) is 3.18. The zero-order valence-electron chi connectivity index (χ0n) is 9.26. The van der Waals surface area contributed by atoms with Crippen LogP contribution < -0.4 is 0 Å². The molecule has 2 aliphatic carbocycles. The van der Waals surface area contributed by atoms with Crippen molar-refractivity contribution in [1.82, 2.24) is 0 Å². The third-order valence-corrected chi connectivity index (χ3v) is 5.62. The molecule has 0 N–H and O–H groups in total. The molecule has 2 heteroatoms. The van der Waals surface area contributed by atoms with E-state index in [0.717, 1.165) is 12.5 Å². The third kappa shape index (κ3) is 2.01. The van der Waals surface area contributed by atoms with Gasteiger partial charge in [-0.25, -0.2) is 0 Å². The summed E-state index contributed by atoms with van der Waals surface area (Å²) in [6.45, 7) is 5.61. The van der Waals surface area contributed by atoms with Gasteiger partial charge in [0.1, 0.15) is 0 Å². The van der Waals surface area contributed by atoms with Crippen molar-refractivity contribution in [3.05, 3.63) is 0 Å². The molecule has 2 fully saturated rings. The van der Waals surface area contributed by atoms with E-state index < -0.39 is 0 Å². The number of rotatable bonds is 3. The summed E-state index contributed by atoms with van der Waals surface area (Å²) in [7, 11) is 0. The molecule has 0 bridgehead atoms. The van der Waals surface area contributed by atoms with Crippen LogP contribution in [0, 0.1) is 11.3 Å². The van der Waals surface area contributed by atoms with E-state index in [1.165, 1.54) is 32.1 Å². The maximum atomic E-state index is 6.02. The number of hydrogen-bond donors (Lipinski definition) is 0. The Balaban J connectivity index is 1.71. The fourth-order valence-electron chi connectivity index (χ4n) is 2.55. The second-order valence-electron chi connectivity index (χ2n) is 5.50. The Morgan fingerprint density at radius 3 is 2.43 bits per heavy atom. The summed E-state index contributed by atoms with van der Waals surface area (Å²) in [5, 5.41) is 0. The molecule has 82 valence electrons. The molecule has 0 radical (unpaired) electrons. The van der Waals surface area contributed by atoms with Gasteiger partial charge in [0.15, 0.2) is 0 Å². The molecule has 0 aliphatic heterocycles. The average molecular weight is 261 g/mol. The maximum absolute atomic E-state index is 6.02. The van der Waals surface area contributed by atoms with E-state index in [4.69, 9.17) is 4.74 Å². The van der Waals surface area contributed by atoms with Crippen LogP contribution in [0.2, 0.25) is 0 Å². The Hall–Kier alpha value is 0.440. The van der Waals surface area contributed by atoms with Crippen molar-refractivity contribution in [2.45, 2.75) is 56.9 Å². The number of alkyl halides is 1. The highest BCUT2D eigenvalue weighted by Gasteiger charge is 2.47. The molecule has 1 nitrogen and oxygen atoms in total. The second-order valence-corrected chi connectivity index (χ2v) is 6.60. The third-order valence-electron chi connectivity index (χ3n) is 4.07. The largest absolute Gasteiger partial charge is 0.377 e. The first kappa shape index (κ1) is 10.9. The summed E-state index contributed by atoms with van der Waals surface area (Å²) in [4.78, 5) is 0.656. The lowest BCUT2D eigenvalue weighted by atomic mass is 9.69. The van der Waals surface area contributed by atoms with Crippen molar-refractivity contribution >= 4 is 15.9 Å². The van der Waals surface area contributed by atoms with E-state index in [0.29, 0.717) is 16.3 Å². The second kappa shape index (κ2) is 4.13. The molecule has 0 aromatic heterocycles.